The van der Waals surface area contributed by atoms with Crippen LogP contribution in [0.3, 0.4) is 0 Å². The van der Waals surface area contributed by atoms with Crippen molar-refractivity contribution >= 4 is 23.2 Å². The van der Waals surface area contributed by atoms with Gasteiger partial charge in [0.2, 0.25) is 0 Å². The molecule has 0 unspecified atom stereocenters. The van der Waals surface area contributed by atoms with Gasteiger partial charge >= 0.3 is 5.97 Å². The molecule has 4 aromatic rings. The molecule has 0 saturated heterocycles. The van der Waals surface area contributed by atoms with Gasteiger partial charge in [-0.15, -0.1) is 11.3 Å². The molecule has 0 atom stereocenters. The molecule has 0 spiro atoms. The largest absolute Gasteiger partial charge is 0.462 e. The van der Waals surface area contributed by atoms with Crippen LogP contribution in [-0.4, -0.2) is 28.8 Å². The summed E-state index contributed by atoms with van der Waals surface area (Å²) in [6.45, 7) is 0.454. The summed E-state index contributed by atoms with van der Waals surface area (Å²) in [5.41, 5.74) is 2.17. The van der Waals surface area contributed by atoms with Gasteiger partial charge in [0.25, 0.3) is 5.91 Å². The Bertz CT molecular complexity index is 1170. The van der Waals surface area contributed by atoms with Crippen molar-refractivity contribution in [3.05, 3.63) is 101 Å². The molecule has 1 amide bonds. The zero-order valence-electron chi connectivity index (χ0n) is 16.9. The number of hydrogen-bond acceptors (Lipinski definition) is 6. The number of carbonyl (C=O) groups excluding carboxylic acids is 2. The second kappa shape index (κ2) is 9.40. The summed E-state index contributed by atoms with van der Waals surface area (Å²) in [7, 11) is 1.71. The highest BCUT2D eigenvalue weighted by Crippen LogP contribution is 2.24. The van der Waals surface area contributed by atoms with Gasteiger partial charge in [0.05, 0.1) is 23.1 Å². The van der Waals surface area contributed by atoms with E-state index in [2.05, 4.69) is 4.98 Å². The van der Waals surface area contributed by atoms with Crippen LogP contribution in [0.5, 0.6) is 0 Å². The summed E-state index contributed by atoms with van der Waals surface area (Å²) in [6, 6.07) is 20.0. The Balaban J connectivity index is 1.43. The van der Waals surface area contributed by atoms with Gasteiger partial charge in [-0.1, -0.05) is 42.5 Å². The van der Waals surface area contributed by atoms with Crippen molar-refractivity contribution in [3.8, 4) is 10.8 Å². The molecule has 2 aromatic heterocycles. The van der Waals surface area contributed by atoms with E-state index < -0.39 is 5.97 Å². The minimum Gasteiger partial charge on any atom is -0.462 e. The van der Waals surface area contributed by atoms with Crippen LogP contribution in [0.25, 0.3) is 10.8 Å². The number of amides is 1. The van der Waals surface area contributed by atoms with E-state index in [-0.39, 0.29) is 18.1 Å². The van der Waals surface area contributed by atoms with Crippen molar-refractivity contribution in [2.24, 2.45) is 0 Å². The van der Waals surface area contributed by atoms with Crippen LogP contribution in [0.2, 0.25) is 0 Å². The third-order valence-corrected chi connectivity index (χ3v) is 5.53. The molecule has 4 rings (SSSR count). The van der Waals surface area contributed by atoms with Crippen molar-refractivity contribution in [3.63, 3.8) is 0 Å². The summed E-state index contributed by atoms with van der Waals surface area (Å²) < 4.78 is 10.8. The highest BCUT2D eigenvalue weighted by Gasteiger charge is 2.21. The van der Waals surface area contributed by atoms with Crippen LogP contribution < -0.4 is 0 Å². The maximum atomic E-state index is 13.0. The lowest BCUT2D eigenvalue weighted by Crippen LogP contribution is -2.28. The lowest BCUT2D eigenvalue weighted by atomic mass is 10.1. The van der Waals surface area contributed by atoms with E-state index in [4.69, 9.17) is 9.15 Å². The molecule has 2 aromatic carbocycles. The van der Waals surface area contributed by atoms with Crippen LogP contribution in [-0.2, 0) is 17.9 Å². The molecule has 7 heteroatoms. The van der Waals surface area contributed by atoms with Crippen LogP contribution >= 0.6 is 11.3 Å². The number of furan rings is 1. The number of rotatable bonds is 7. The summed E-state index contributed by atoms with van der Waals surface area (Å²) in [6.07, 6.45) is 1.58. The number of hydrogen-bond donors (Lipinski definition) is 0. The normalized spacial score (nSPS) is 10.6. The molecule has 0 aliphatic carbocycles. The predicted octanol–water partition coefficient (Wildman–Crippen LogP) is 5.03. The Morgan fingerprint density at radius 3 is 2.48 bits per heavy atom. The fourth-order valence-corrected chi connectivity index (χ4v) is 3.86. The lowest BCUT2D eigenvalue weighted by Gasteiger charge is -2.19. The number of aromatic nitrogens is 1. The number of nitrogens with zero attached hydrogens (tertiary/aromatic N) is 2. The Morgan fingerprint density at radius 1 is 1.00 bits per heavy atom. The summed E-state index contributed by atoms with van der Waals surface area (Å²) in [5.74, 6) is -0.144. The number of ether oxygens (including phenoxy) is 1. The number of esters is 1. The van der Waals surface area contributed by atoms with Gasteiger partial charge in [0.1, 0.15) is 6.61 Å². The molecule has 0 fully saturated rings. The maximum Gasteiger partial charge on any atom is 0.339 e. The van der Waals surface area contributed by atoms with Gasteiger partial charge in [-0.05, 0) is 29.8 Å². The van der Waals surface area contributed by atoms with Crippen molar-refractivity contribution in [1.82, 2.24) is 9.88 Å². The van der Waals surface area contributed by atoms with E-state index >= 15 is 0 Å². The minimum atomic E-state index is -0.565. The van der Waals surface area contributed by atoms with E-state index in [0.29, 0.717) is 28.6 Å². The average molecular weight is 433 g/mol. The van der Waals surface area contributed by atoms with Crippen LogP contribution in [0, 0.1) is 0 Å². The van der Waals surface area contributed by atoms with Gasteiger partial charge in [0, 0.05) is 19.0 Å². The van der Waals surface area contributed by atoms with E-state index in [9.17, 15) is 9.59 Å². The van der Waals surface area contributed by atoms with Crippen molar-refractivity contribution in [1.29, 1.82) is 0 Å². The third kappa shape index (κ3) is 4.90. The van der Waals surface area contributed by atoms with E-state index in [1.807, 2.05) is 41.8 Å². The monoisotopic (exact) mass is 432 g/mol. The molecular formula is C24H20N2O4S. The van der Waals surface area contributed by atoms with Gasteiger partial charge < -0.3 is 14.1 Å². The minimum absolute atomic E-state index is 0.0123. The first-order chi connectivity index (χ1) is 15.1. The molecule has 2 heterocycles. The zero-order valence-corrected chi connectivity index (χ0v) is 17.7. The van der Waals surface area contributed by atoms with Gasteiger partial charge in [-0.2, -0.15) is 0 Å². The highest BCUT2D eigenvalue weighted by atomic mass is 32.1. The third-order valence-electron chi connectivity index (χ3n) is 4.62. The molecule has 156 valence electrons. The number of carbonyl (C=O) groups is 2. The van der Waals surface area contributed by atoms with Gasteiger partial charge in [-0.3, -0.25) is 4.79 Å². The Morgan fingerprint density at radius 2 is 1.74 bits per heavy atom. The van der Waals surface area contributed by atoms with Crippen LogP contribution in [0.4, 0.5) is 0 Å². The molecule has 0 aliphatic heterocycles. The molecule has 0 aliphatic rings. The van der Waals surface area contributed by atoms with E-state index in [1.165, 1.54) is 11.3 Å². The Kier molecular flexibility index (Phi) is 6.24. The summed E-state index contributed by atoms with van der Waals surface area (Å²) in [5, 5.41) is 2.53. The molecule has 0 radical (unpaired) electrons. The SMILES string of the molecule is CN(Cc1ccccc1)C(=O)c1ccccc1C(=O)OCc1csc(-c2ccco2)n1. The zero-order chi connectivity index (χ0) is 21.6. The quantitative estimate of drug-likeness (QED) is 0.383. The maximum absolute atomic E-state index is 13.0. The average Bonchev–Trinajstić information content (AvgIpc) is 3.49. The number of benzene rings is 2. The fourth-order valence-electron chi connectivity index (χ4n) is 3.09. The van der Waals surface area contributed by atoms with Gasteiger partial charge in [0.15, 0.2) is 10.8 Å². The Labute approximate surface area is 183 Å². The molecule has 6 nitrogen and oxygen atoms in total. The topological polar surface area (TPSA) is 72.6 Å². The fraction of sp³-hybridized carbons (Fsp3) is 0.125. The molecule has 31 heavy (non-hydrogen) atoms. The van der Waals surface area contributed by atoms with E-state index in [1.54, 1.807) is 48.5 Å². The van der Waals surface area contributed by atoms with Crippen LogP contribution in [0.1, 0.15) is 32.0 Å². The highest BCUT2D eigenvalue weighted by molar-refractivity contribution is 7.13. The first-order valence-electron chi connectivity index (χ1n) is 9.65. The van der Waals surface area contributed by atoms with E-state index in [0.717, 1.165) is 5.56 Å². The molecule has 0 N–H and O–H groups in total. The first-order valence-corrected chi connectivity index (χ1v) is 10.5. The predicted molar refractivity (Wildman–Crippen MR) is 118 cm³/mol. The van der Waals surface area contributed by atoms with Crippen LogP contribution in [0.15, 0.2) is 82.8 Å². The summed E-state index contributed by atoms with van der Waals surface area (Å²) in [4.78, 5) is 31.7. The first kappa shape index (κ1) is 20.6. The second-order valence-electron chi connectivity index (χ2n) is 6.89. The molecular weight excluding hydrogens is 412 g/mol. The number of thiazole rings is 1. The lowest BCUT2D eigenvalue weighted by molar-refractivity contribution is 0.0463. The molecule has 0 saturated carbocycles. The van der Waals surface area contributed by atoms with Crippen molar-refractivity contribution < 1.29 is 18.7 Å². The smallest absolute Gasteiger partial charge is 0.339 e. The standard InChI is InChI=1S/C24H20N2O4S/c1-26(14-17-8-3-2-4-9-17)23(27)19-10-5-6-11-20(19)24(28)30-15-18-16-31-22(25-18)21-12-7-13-29-21/h2-13,16H,14-15H2,1H3. The Hall–Kier alpha value is -3.71. The second-order valence-corrected chi connectivity index (χ2v) is 7.75. The van der Waals surface area contributed by atoms with Gasteiger partial charge in [-0.25, -0.2) is 9.78 Å². The van der Waals surface area contributed by atoms with Crippen molar-refractivity contribution in [2.75, 3.05) is 7.05 Å². The van der Waals surface area contributed by atoms with Crippen molar-refractivity contribution in [2.45, 2.75) is 13.2 Å². The molecule has 0 bridgehead atoms. The summed E-state index contributed by atoms with van der Waals surface area (Å²) >= 11 is 1.41.